The van der Waals surface area contributed by atoms with Crippen LogP contribution in [0.15, 0.2) is 133 Å². The molecule has 0 atom stereocenters. The Morgan fingerprint density at radius 2 is 0.840 bits per heavy atom. The van der Waals surface area contributed by atoms with Crippen molar-refractivity contribution in [1.82, 2.24) is 9.80 Å². The monoisotopic (exact) mass is 660 g/mol. The molecule has 0 unspecified atom stereocenters. The molecule has 2 aliphatic rings. The third-order valence-corrected chi connectivity index (χ3v) is 10.4. The van der Waals surface area contributed by atoms with Crippen molar-refractivity contribution in [3.8, 4) is 34.1 Å². The van der Waals surface area contributed by atoms with Crippen molar-refractivity contribution >= 4 is 11.8 Å². The minimum atomic E-state index is -1.12. The van der Waals surface area contributed by atoms with E-state index < -0.39 is 11.1 Å². The molecule has 0 aliphatic carbocycles. The van der Waals surface area contributed by atoms with E-state index in [0.29, 0.717) is 22.3 Å². The van der Waals surface area contributed by atoms with Gasteiger partial charge in [-0.05, 0) is 94.0 Å². The quantitative estimate of drug-likeness (QED) is 0.159. The van der Waals surface area contributed by atoms with Crippen LogP contribution in [0.3, 0.4) is 0 Å². The predicted molar refractivity (Wildman–Crippen MR) is 188 cm³/mol. The SMILES string of the molecule is CN1C(=O)c2ccc(-c3cccc4c3C(=O)N(C)C4(c3ccc(O)cc3)c3ccc(O)cc3)cc2C1(c1ccc(O)cc1)c1ccc(O)cc1. The van der Waals surface area contributed by atoms with Gasteiger partial charge < -0.3 is 30.2 Å². The zero-order valence-corrected chi connectivity index (χ0v) is 27.2. The van der Waals surface area contributed by atoms with Gasteiger partial charge in [-0.15, -0.1) is 0 Å². The minimum Gasteiger partial charge on any atom is -0.508 e. The second-order valence-corrected chi connectivity index (χ2v) is 12.8. The Morgan fingerprint density at radius 1 is 0.440 bits per heavy atom. The van der Waals surface area contributed by atoms with E-state index in [9.17, 15) is 30.0 Å². The number of hydrogen-bond donors (Lipinski definition) is 4. The third-order valence-electron chi connectivity index (χ3n) is 10.4. The van der Waals surface area contributed by atoms with Gasteiger partial charge in [0.2, 0.25) is 0 Å². The molecular weight excluding hydrogens is 628 g/mol. The largest absolute Gasteiger partial charge is 0.508 e. The summed E-state index contributed by atoms with van der Waals surface area (Å²) in [5, 5.41) is 40.7. The number of phenols is 4. The molecule has 0 saturated carbocycles. The van der Waals surface area contributed by atoms with Crippen LogP contribution in [0.2, 0.25) is 0 Å². The summed E-state index contributed by atoms with van der Waals surface area (Å²) in [4.78, 5) is 31.9. The minimum absolute atomic E-state index is 0.0868. The molecule has 50 heavy (non-hydrogen) atoms. The predicted octanol–water partition coefficient (Wildman–Crippen LogP) is 6.93. The number of hydrogen-bond acceptors (Lipinski definition) is 6. The summed E-state index contributed by atoms with van der Waals surface area (Å²) in [7, 11) is 3.49. The van der Waals surface area contributed by atoms with E-state index in [-0.39, 0.29) is 34.8 Å². The average molecular weight is 661 g/mol. The molecule has 8 rings (SSSR count). The molecule has 8 heteroatoms. The fraction of sp³-hybridized carbons (Fsp3) is 0.0952. The summed E-state index contributed by atoms with van der Waals surface area (Å²) in [6.45, 7) is 0. The van der Waals surface area contributed by atoms with Crippen LogP contribution in [-0.2, 0) is 11.1 Å². The molecule has 0 saturated heterocycles. The van der Waals surface area contributed by atoms with Gasteiger partial charge in [-0.2, -0.15) is 0 Å². The van der Waals surface area contributed by atoms with Crippen molar-refractivity contribution in [2.45, 2.75) is 11.1 Å². The van der Waals surface area contributed by atoms with Gasteiger partial charge in [-0.3, -0.25) is 9.59 Å². The first-order valence-electron chi connectivity index (χ1n) is 16.1. The highest BCUT2D eigenvalue weighted by Gasteiger charge is 2.53. The Balaban J connectivity index is 1.39. The van der Waals surface area contributed by atoms with Crippen LogP contribution < -0.4 is 0 Å². The first-order chi connectivity index (χ1) is 24.1. The van der Waals surface area contributed by atoms with Gasteiger partial charge in [0.1, 0.15) is 34.1 Å². The molecule has 8 nitrogen and oxygen atoms in total. The number of benzene rings is 6. The van der Waals surface area contributed by atoms with E-state index in [2.05, 4.69) is 0 Å². The second-order valence-electron chi connectivity index (χ2n) is 12.8. The summed E-state index contributed by atoms with van der Waals surface area (Å²) < 4.78 is 0. The Hall–Kier alpha value is -6.54. The van der Waals surface area contributed by atoms with Gasteiger partial charge in [0.25, 0.3) is 11.8 Å². The maximum absolute atomic E-state index is 14.6. The second kappa shape index (κ2) is 11.0. The molecule has 0 fully saturated rings. The third kappa shape index (κ3) is 4.11. The Labute approximate surface area is 288 Å². The molecular formula is C42H32N2O6. The highest BCUT2D eigenvalue weighted by Crippen LogP contribution is 2.53. The van der Waals surface area contributed by atoms with Crippen LogP contribution >= 0.6 is 0 Å². The highest BCUT2D eigenvalue weighted by atomic mass is 16.3. The molecule has 6 aromatic carbocycles. The van der Waals surface area contributed by atoms with E-state index in [1.165, 1.54) is 0 Å². The molecule has 2 amide bonds. The summed E-state index contributed by atoms with van der Waals surface area (Å²) in [6.07, 6.45) is 0. The normalized spacial score (nSPS) is 15.6. The molecule has 0 spiro atoms. The van der Waals surface area contributed by atoms with Crippen molar-refractivity contribution in [3.63, 3.8) is 0 Å². The van der Waals surface area contributed by atoms with Crippen LogP contribution in [0.5, 0.6) is 23.0 Å². The lowest BCUT2D eigenvalue weighted by Gasteiger charge is -2.38. The molecule has 0 aromatic heterocycles. The van der Waals surface area contributed by atoms with Crippen molar-refractivity contribution in [2.24, 2.45) is 0 Å². The lowest BCUT2D eigenvalue weighted by atomic mass is 9.75. The lowest BCUT2D eigenvalue weighted by molar-refractivity contribution is 0.0729. The van der Waals surface area contributed by atoms with E-state index >= 15 is 0 Å². The van der Waals surface area contributed by atoms with Crippen LogP contribution in [0.4, 0.5) is 0 Å². The van der Waals surface area contributed by atoms with Crippen LogP contribution in [-0.4, -0.2) is 56.1 Å². The van der Waals surface area contributed by atoms with Gasteiger partial charge in [-0.25, -0.2) is 0 Å². The number of fused-ring (bicyclic) bond motifs is 2. The van der Waals surface area contributed by atoms with E-state index in [0.717, 1.165) is 33.4 Å². The van der Waals surface area contributed by atoms with Crippen molar-refractivity contribution in [2.75, 3.05) is 14.1 Å². The standard InChI is InChI=1S/C42H32N2O6/c1-43-39(49)35-23-6-25(24-37(35)42(43,28-11-19-32(47)20-12-28)29-13-21-33(48)22-14-29)34-4-3-5-36-38(34)40(50)44(2)41(36,26-7-15-30(45)16-8-26)27-9-17-31(46)18-10-27/h3-24,45-48H,1-2H3. The Kier molecular flexibility index (Phi) is 6.77. The van der Waals surface area contributed by atoms with E-state index in [4.69, 9.17) is 0 Å². The summed E-state index contributed by atoms with van der Waals surface area (Å²) in [5.74, 6) is -0.0419. The van der Waals surface area contributed by atoms with Crippen molar-refractivity contribution < 1.29 is 30.0 Å². The number of rotatable bonds is 5. The first kappa shape index (κ1) is 30.8. The van der Waals surface area contributed by atoms with Crippen molar-refractivity contribution in [3.05, 3.63) is 178 Å². The molecule has 0 radical (unpaired) electrons. The Bertz CT molecular complexity index is 2220. The van der Waals surface area contributed by atoms with Gasteiger partial charge in [0, 0.05) is 30.8 Å². The molecule has 4 N–H and O–H groups in total. The molecule has 2 aliphatic heterocycles. The smallest absolute Gasteiger partial charge is 0.255 e. The highest BCUT2D eigenvalue weighted by molar-refractivity contribution is 6.08. The number of carbonyl (C=O) groups is 2. The fourth-order valence-electron chi connectivity index (χ4n) is 8.08. The zero-order valence-electron chi connectivity index (χ0n) is 27.2. The average Bonchev–Trinajstić information content (AvgIpc) is 3.49. The Morgan fingerprint density at radius 3 is 1.28 bits per heavy atom. The number of phenolic OH excluding ortho intramolecular Hbond substituents is 4. The molecule has 0 bridgehead atoms. The molecule has 246 valence electrons. The topological polar surface area (TPSA) is 122 Å². The fourth-order valence-corrected chi connectivity index (χ4v) is 8.08. The summed E-state index contributed by atoms with van der Waals surface area (Å²) in [6, 6.07) is 38.4. The van der Waals surface area contributed by atoms with E-state index in [1.54, 1.807) is 127 Å². The first-order valence-corrected chi connectivity index (χ1v) is 16.1. The molecule has 6 aromatic rings. The number of nitrogens with zero attached hydrogens (tertiary/aromatic N) is 2. The number of amides is 2. The van der Waals surface area contributed by atoms with Gasteiger partial charge in [-0.1, -0.05) is 72.8 Å². The molecule has 2 heterocycles. The van der Waals surface area contributed by atoms with Crippen LogP contribution in [0, 0.1) is 0 Å². The summed E-state index contributed by atoms with van der Waals surface area (Å²) in [5.41, 5.74) is 4.59. The van der Waals surface area contributed by atoms with Gasteiger partial charge in [0.15, 0.2) is 0 Å². The van der Waals surface area contributed by atoms with Gasteiger partial charge >= 0.3 is 0 Å². The lowest BCUT2D eigenvalue weighted by Crippen LogP contribution is -2.43. The van der Waals surface area contributed by atoms with Crippen LogP contribution in [0.1, 0.15) is 54.1 Å². The van der Waals surface area contributed by atoms with E-state index in [1.807, 2.05) is 30.3 Å². The number of carbonyl (C=O) groups excluding carboxylic acids is 2. The maximum atomic E-state index is 14.6. The van der Waals surface area contributed by atoms with Gasteiger partial charge in [0.05, 0.1) is 5.56 Å². The summed E-state index contributed by atoms with van der Waals surface area (Å²) >= 11 is 0. The maximum Gasteiger partial charge on any atom is 0.255 e. The van der Waals surface area contributed by atoms with Crippen molar-refractivity contribution in [1.29, 1.82) is 0 Å². The zero-order chi connectivity index (χ0) is 34.9. The number of aromatic hydroxyl groups is 4. The van der Waals surface area contributed by atoms with Crippen LogP contribution in [0.25, 0.3) is 11.1 Å².